The normalized spacial score (nSPS) is 17.4. The van der Waals surface area contributed by atoms with E-state index in [-0.39, 0.29) is 6.42 Å². The topological polar surface area (TPSA) is 28.2 Å². The molecule has 0 aliphatic carbocycles. The second-order valence-electron chi connectivity index (χ2n) is 5.14. The average Bonchev–Trinajstić information content (AvgIpc) is 2.44. The number of anilines is 1. The zero-order valence-electron chi connectivity index (χ0n) is 11.4. The van der Waals surface area contributed by atoms with Gasteiger partial charge in [0.15, 0.2) is 0 Å². The van der Waals surface area contributed by atoms with Gasteiger partial charge in [0.2, 0.25) is 0 Å². The van der Waals surface area contributed by atoms with Crippen molar-refractivity contribution in [2.75, 3.05) is 24.5 Å². The van der Waals surface area contributed by atoms with Gasteiger partial charge in [0, 0.05) is 43.6 Å². The number of nitrogens with zero attached hydrogens (tertiary/aromatic N) is 2. The fraction of sp³-hybridized carbons (Fsp3) is 0.643. The first kappa shape index (κ1) is 15.1. The first-order valence-electron chi connectivity index (χ1n) is 7.00. The van der Waals surface area contributed by atoms with Crippen LogP contribution < -0.4 is 10.2 Å². The van der Waals surface area contributed by atoms with Crippen LogP contribution in [-0.4, -0.2) is 36.8 Å². The van der Waals surface area contributed by atoms with Crippen LogP contribution in [0.15, 0.2) is 24.5 Å². The minimum absolute atomic E-state index is 0.161. The Labute approximate surface area is 117 Å². The number of halogens is 3. The summed E-state index contributed by atoms with van der Waals surface area (Å²) in [5.41, 5.74) is 1.16. The van der Waals surface area contributed by atoms with Gasteiger partial charge in [-0.05, 0) is 37.9 Å². The number of hydrogen-bond acceptors (Lipinski definition) is 3. The van der Waals surface area contributed by atoms with E-state index in [0.717, 1.165) is 31.6 Å². The fourth-order valence-corrected chi connectivity index (χ4v) is 2.49. The maximum atomic E-state index is 12.0. The van der Waals surface area contributed by atoms with E-state index in [2.05, 4.69) is 15.2 Å². The second kappa shape index (κ2) is 6.92. The van der Waals surface area contributed by atoms with Crippen molar-refractivity contribution in [2.24, 2.45) is 0 Å². The molecule has 2 rings (SSSR count). The van der Waals surface area contributed by atoms with Crippen molar-refractivity contribution in [2.45, 2.75) is 37.9 Å². The molecule has 112 valence electrons. The zero-order chi connectivity index (χ0) is 14.4. The summed E-state index contributed by atoms with van der Waals surface area (Å²) in [6, 6.07) is 4.30. The second-order valence-corrected chi connectivity index (χ2v) is 5.14. The molecule has 0 atom stereocenters. The molecule has 1 aromatic heterocycles. The van der Waals surface area contributed by atoms with E-state index in [1.807, 2.05) is 12.1 Å². The van der Waals surface area contributed by atoms with E-state index in [4.69, 9.17) is 0 Å². The van der Waals surface area contributed by atoms with Crippen molar-refractivity contribution in [3.8, 4) is 0 Å². The summed E-state index contributed by atoms with van der Waals surface area (Å²) in [7, 11) is 0. The molecule has 1 saturated heterocycles. The number of alkyl halides is 3. The predicted molar refractivity (Wildman–Crippen MR) is 72.8 cm³/mol. The first-order chi connectivity index (χ1) is 9.54. The Morgan fingerprint density at radius 1 is 1.20 bits per heavy atom. The molecular weight excluding hydrogens is 267 g/mol. The van der Waals surface area contributed by atoms with Crippen LogP contribution in [0, 0.1) is 0 Å². The Morgan fingerprint density at radius 3 is 2.45 bits per heavy atom. The maximum Gasteiger partial charge on any atom is 0.389 e. The van der Waals surface area contributed by atoms with Crippen molar-refractivity contribution in [3.05, 3.63) is 24.5 Å². The molecule has 0 unspecified atom stereocenters. The Morgan fingerprint density at radius 2 is 1.85 bits per heavy atom. The molecule has 0 radical (unpaired) electrons. The van der Waals surface area contributed by atoms with Gasteiger partial charge < -0.3 is 10.2 Å². The molecule has 1 fully saturated rings. The molecule has 1 aliphatic heterocycles. The van der Waals surface area contributed by atoms with Gasteiger partial charge in [-0.25, -0.2) is 0 Å². The van der Waals surface area contributed by atoms with Crippen molar-refractivity contribution < 1.29 is 13.2 Å². The van der Waals surface area contributed by atoms with Crippen LogP contribution in [0.1, 0.15) is 25.7 Å². The minimum atomic E-state index is -4.04. The van der Waals surface area contributed by atoms with Gasteiger partial charge in [0.05, 0.1) is 0 Å². The Bertz CT molecular complexity index is 386. The predicted octanol–water partition coefficient (Wildman–Crippen LogP) is 2.98. The van der Waals surface area contributed by atoms with Crippen LogP contribution >= 0.6 is 0 Å². The zero-order valence-corrected chi connectivity index (χ0v) is 11.4. The van der Waals surface area contributed by atoms with Gasteiger partial charge in [-0.15, -0.1) is 0 Å². The molecule has 0 bridgehead atoms. The van der Waals surface area contributed by atoms with E-state index in [1.165, 1.54) is 0 Å². The molecule has 0 saturated carbocycles. The van der Waals surface area contributed by atoms with E-state index in [0.29, 0.717) is 12.6 Å². The lowest BCUT2D eigenvalue weighted by Gasteiger charge is -2.34. The lowest BCUT2D eigenvalue weighted by atomic mass is 10.0. The molecule has 6 heteroatoms. The van der Waals surface area contributed by atoms with Crippen LogP contribution in [0.5, 0.6) is 0 Å². The maximum absolute atomic E-state index is 12.0. The minimum Gasteiger partial charge on any atom is -0.371 e. The van der Waals surface area contributed by atoms with Crippen LogP contribution in [0.25, 0.3) is 0 Å². The first-order valence-corrected chi connectivity index (χ1v) is 7.00. The van der Waals surface area contributed by atoms with Gasteiger partial charge in [-0.1, -0.05) is 0 Å². The molecule has 0 aromatic carbocycles. The third-order valence-corrected chi connectivity index (χ3v) is 3.59. The van der Waals surface area contributed by atoms with Crippen molar-refractivity contribution in [3.63, 3.8) is 0 Å². The Balaban J connectivity index is 1.65. The van der Waals surface area contributed by atoms with E-state index in [1.54, 1.807) is 12.4 Å². The van der Waals surface area contributed by atoms with Crippen molar-refractivity contribution >= 4 is 5.69 Å². The molecule has 2 heterocycles. The summed E-state index contributed by atoms with van der Waals surface area (Å²) in [6.07, 6.45) is 0.909. The molecule has 1 aromatic rings. The highest BCUT2D eigenvalue weighted by Crippen LogP contribution is 2.21. The Kier molecular flexibility index (Phi) is 5.23. The highest BCUT2D eigenvalue weighted by molar-refractivity contribution is 5.44. The van der Waals surface area contributed by atoms with Gasteiger partial charge in [-0.2, -0.15) is 13.2 Å². The molecule has 1 N–H and O–H groups in total. The monoisotopic (exact) mass is 287 g/mol. The van der Waals surface area contributed by atoms with E-state index >= 15 is 0 Å². The summed E-state index contributed by atoms with van der Waals surface area (Å²) in [6.45, 7) is 2.31. The summed E-state index contributed by atoms with van der Waals surface area (Å²) >= 11 is 0. The summed E-state index contributed by atoms with van der Waals surface area (Å²) in [5, 5.41) is 3.23. The van der Waals surface area contributed by atoms with Gasteiger partial charge in [0.1, 0.15) is 0 Å². The number of aromatic nitrogens is 1. The summed E-state index contributed by atoms with van der Waals surface area (Å²) in [4.78, 5) is 6.28. The molecule has 0 amide bonds. The van der Waals surface area contributed by atoms with Crippen LogP contribution in [0.3, 0.4) is 0 Å². The molecule has 1 aliphatic rings. The smallest absolute Gasteiger partial charge is 0.371 e. The van der Waals surface area contributed by atoms with Crippen molar-refractivity contribution in [1.82, 2.24) is 10.3 Å². The van der Waals surface area contributed by atoms with Gasteiger partial charge in [-0.3, -0.25) is 4.98 Å². The molecular formula is C14H20F3N3. The fourth-order valence-electron chi connectivity index (χ4n) is 2.49. The quantitative estimate of drug-likeness (QED) is 0.844. The van der Waals surface area contributed by atoms with E-state index < -0.39 is 12.6 Å². The SMILES string of the molecule is FC(F)(F)CCCNC1CCN(c2ccncc2)CC1. The standard InChI is InChI=1S/C14H20F3N3/c15-14(16,17)6-1-7-19-12-4-10-20(11-5-12)13-2-8-18-9-3-13/h2-3,8-9,12,19H,1,4-7,10-11H2. The summed E-state index contributed by atoms with van der Waals surface area (Å²) < 4.78 is 36.1. The molecule has 20 heavy (non-hydrogen) atoms. The highest BCUT2D eigenvalue weighted by atomic mass is 19.4. The average molecular weight is 287 g/mol. The largest absolute Gasteiger partial charge is 0.389 e. The summed E-state index contributed by atoms with van der Waals surface area (Å²) in [5.74, 6) is 0. The number of piperidine rings is 1. The lowest BCUT2D eigenvalue weighted by molar-refractivity contribution is -0.135. The van der Waals surface area contributed by atoms with Gasteiger partial charge in [0.25, 0.3) is 0 Å². The van der Waals surface area contributed by atoms with Crippen LogP contribution in [0.2, 0.25) is 0 Å². The third kappa shape index (κ3) is 5.00. The number of rotatable bonds is 5. The highest BCUT2D eigenvalue weighted by Gasteiger charge is 2.26. The lowest BCUT2D eigenvalue weighted by Crippen LogP contribution is -2.43. The Hall–Kier alpha value is -1.30. The van der Waals surface area contributed by atoms with Crippen molar-refractivity contribution in [1.29, 1.82) is 0 Å². The number of nitrogens with one attached hydrogen (secondary N) is 1. The molecule has 3 nitrogen and oxygen atoms in total. The third-order valence-electron chi connectivity index (χ3n) is 3.59. The van der Waals surface area contributed by atoms with Gasteiger partial charge >= 0.3 is 6.18 Å². The number of hydrogen-bond donors (Lipinski definition) is 1. The van der Waals surface area contributed by atoms with Crippen LogP contribution in [-0.2, 0) is 0 Å². The van der Waals surface area contributed by atoms with E-state index in [9.17, 15) is 13.2 Å². The number of pyridine rings is 1. The van der Waals surface area contributed by atoms with Crippen LogP contribution in [0.4, 0.5) is 18.9 Å². The molecule has 0 spiro atoms.